The smallest absolute Gasteiger partial charge is 0.253 e. The number of hydrogen-bond acceptors (Lipinski definition) is 5. The molecule has 5 aromatic rings. The highest BCUT2D eigenvalue weighted by Crippen LogP contribution is 2.24. The van der Waals surface area contributed by atoms with Crippen molar-refractivity contribution in [3.05, 3.63) is 126 Å². The van der Waals surface area contributed by atoms with Crippen LogP contribution >= 0.6 is 0 Å². The Morgan fingerprint density at radius 3 is 2.04 bits per heavy atom. The van der Waals surface area contributed by atoms with Crippen LogP contribution < -0.4 is 15.4 Å². The van der Waals surface area contributed by atoms with Gasteiger partial charge in [-0.15, -0.1) is 0 Å². The molecule has 0 spiro atoms. The van der Waals surface area contributed by atoms with Crippen LogP contribution in [0.1, 0.15) is 40.7 Å². The first-order valence-corrected chi connectivity index (χ1v) is 17.6. The van der Waals surface area contributed by atoms with Gasteiger partial charge in [-0.3, -0.25) is 19.2 Å². The average molecular weight is 683 g/mol. The van der Waals surface area contributed by atoms with Crippen molar-refractivity contribution < 1.29 is 23.9 Å². The molecule has 51 heavy (non-hydrogen) atoms. The van der Waals surface area contributed by atoms with Crippen LogP contribution in [0.4, 0.5) is 0 Å². The number of nitrogens with one attached hydrogen (secondary N) is 2. The number of carbonyl (C=O) groups is 4. The molecule has 0 radical (unpaired) electrons. The van der Waals surface area contributed by atoms with Crippen molar-refractivity contribution in [2.24, 2.45) is 0 Å². The Balaban J connectivity index is 1.09. The molecule has 7 rings (SSSR count). The summed E-state index contributed by atoms with van der Waals surface area (Å²) in [5.41, 5.74) is 2.29. The van der Waals surface area contributed by atoms with E-state index in [9.17, 15) is 19.2 Å². The van der Waals surface area contributed by atoms with Gasteiger partial charge in [-0.25, -0.2) is 0 Å². The Kier molecular flexibility index (Phi) is 9.97. The zero-order valence-electron chi connectivity index (χ0n) is 28.7. The first-order chi connectivity index (χ1) is 24.8. The van der Waals surface area contributed by atoms with Crippen molar-refractivity contribution in [1.82, 2.24) is 20.4 Å². The van der Waals surface area contributed by atoms with Crippen LogP contribution in [-0.2, 0) is 27.2 Å². The Bertz CT molecular complexity index is 2100. The molecule has 0 saturated carbocycles. The maximum absolute atomic E-state index is 14.4. The molecule has 5 aromatic carbocycles. The average Bonchev–Trinajstić information content (AvgIpc) is 3.54. The van der Waals surface area contributed by atoms with Crippen LogP contribution in [-0.4, -0.2) is 78.3 Å². The van der Waals surface area contributed by atoms with E-state index in [-0.39, 0.29) is 55.2 Å². The maximum Gasteiger partial charge on any atom is 0.253 e. The van der Waals surface area contributed by atoms with Gasteiger partial charge in [-0.1, -0.05) is 91.0 Å². The van der Waals surface area contributed by atoms with Gasteiger partial charge in [-0.2, -0.15) is 0 Å². The lowest BCUT2D eigenvalue weighted by molar-refractivity contribution is -0.138. The summed E-state index contributed by atoms with van der Waals surface area (Å²) < 4.78 is 6.19. The van der Waals surface area contributed by atoms with Gasteiger partial charge in [0.25, 0.3) is 5.91 Å². The van der Waals surface area contributed by atoms with E-state index in [0.29, 0.717) is 43.7 Å². The van der Waals surface area contributed by atoms with Crippen molar-refractivity contribution in [3.8, 4) is 5.75 Å². The lowest BCUT2D eigenvalue weighted by atomic mass is 10.0. The fourth-order valence-electron chi connectivity index (χ4n) is 7.26. The third-order valence-electron chi connectivity index (χ3n) is 9.91. The molecule has 2 N–H and O–H groups in total. The summed E-state index contributed by atoms with van der Waals surface area (Å²) in [5, 5.41) is 10.5. The van der Waals surface area contributed by atoms with Crippen molar-refractivity contribution in [2.45, 2.75) is 50.2 Å². The van der Waals surface area contributed by atoms with Crippen molar-refractivity contribution in [2.75, 3.05) is 26.7 Å². The van der Waals surface area contributed by atoms with Crippen LogP contribution in [0.5, 0.6) is 5.75 Å². The predicted molar refractivity (Wildman–Crippen MR) is 197 cm³/mol. The van der Waals surface area contributed by atoms with Gasteiger partial charge in [0.1, 0.15) is 18.4 Å². The molecule has 2 aliphatic rings. The molecule has 2 bridgehead atoms. The minimum absolute atomic E-state index is 0.121. The Morgan fingerprint density at radius 1 is 0.745 bits per heavy atom. The minimum Gasteiger partial charge on any atom is -0.491 e. The molecule has 0 aliphatic carbocycles. The number of rotatable bonds is 6. The van der Waals surface area contributed by atoms with E-state index in [4.69, 9.17) is 4.74 Å². The molecular formula is C42H42N4O5. The summed E-state index contributed by atoms with van der Waals surface area (Å²) >= 11 is 0. The third kappa shape index (κ3) is 8.04. The molecule has 260 valence electrons. The Hall–Kier alpha value is -5.70. The minimum atomic E-state index is -0.809. The molecule has 1 saturated heterocycles. The lowest BCUT2D eigenvalue weighted by Gasteiger charge is -2.30. The number of carbonyl (C=O) groups excluding carboxylic acids is 4. The number of nitrogens with zero attached hydrogens (tertiary/aromatic N) is 2. The second kappa shape index (κ2) is 15.0. The maximum atomic E-state index is 14.4. The predicted octanol–water partition coefficient (Wildman–Crippen LogP) is 5.29. The Labute approximate surface area is 297 Å². The number of ether oxygens (including phenoxy) is 1. The summed E-state index contributed by atoms with van der Waals surface area (Å²) in [6, 6.07) is 33.6. The summed E-state index contributed by atoms with van der Waals surface area (Å²) in [7, 11) is 1.73. The van der Waals surface area contributed by atoms with Crippen molar-refractivity contribution >= 4 is 45.2 Å². The second-order valence-corrected chi connectivity index (χ2v) is 13.7. The van der Waals surface area contributed by atoms with Gasteiger partial charge in [0.2, 0.25) is 17.7 Å². The summed E-state index contributed by atoms with van der Waals surface area (Å²) in [5.74, 6) is -0.206. The second-order valence-electron chi connectivity index (χ2n) is 13.7. The number of benzene rings is 5. The fourth-order valence-corrected chi connectivity index (χ4v) is 7.26. The monoisotopic (exact) mass is 682 g/mol. The van der Waals surface area contributed by atoms with E-state index < -0.39 is 6.04 Å². The van der Waals surface area contributed by atoms with E-state index in [1.54, 1.807) is 41.1 Å². The van der Waals surface area contributed by atoms with E-state index in [1.807, 2.05) is 84.9 Å². The van der Waals surface area contributed by atoms with Crippen molar-refractivity contribution in [1.29, 1.82) is 0 Å². The van der Waals surface area contributed by atoms with Gasteiger partial charge in [0, 0.05) is 31.7 Å². The van der Waals surface area contributed by atoms with Crippen LogP contribution in [0, 0.1) is 0 Å². The fraction of sp³-hybridized carbons (Fsp3) is 0.286. The summed E-state index contributed by atoms with van der Waals surface area (Å²) in [4.78, 5) is 57.8. The zero-order chi connectivity index (χ0) is 35.3. The van der Waals surface area contributed by atoms with Crippen LogP contribution in [0.25, 0.3) is 21.5 Å². The highest BCUT2D eigenvalue weighted by atomic mass is 16.5. The summed E-state index contributed by atoms with van der Waals surface area (Å²) in [6.07, 6.45) is 1.70. The topological polar surface area (TPSA) is 108 Å². The molecule has 2 heterocycles. The van der Waals surface area contributed by atoms with E-state index in [2.05, 4.69) is 10.6 Å². The molecule has 3 unspecified atom stereocenters. The first kappa shape index (κ1) is 33.8. The van der Waals surface area contributed by atoms with Crippen molar-refractivity contribution in [3.63, 3.8) is 0 Å². The molecular weight excluding hydrogens is 640 g/mol. The summed E-state index contributed by atoms with van der Waals surface area (Å²) in [6.45, 7) is 0.880. The number of amides is 4. The highest BCUT2D eigenvalue weighted by Gasteiger charge is 2.39. The van der Waals surface area contributed by atoms with Gasteiger partial charge in [0.15, 0.2) is 0 Å². The molecule has 9 nitrogen and oxygen atoms in total. The SMILES string of the molecule is CN1CCCC(NC(=O)Cc2ccc3ccccc3c2)C(=O)N2CC(NC(=O)Cc3ccc4ccccc4c3)CC2COc2cccc(c2)C1=O. The standard InChI is InChI=1S/C42H42N4O5/c1-45-19-7-14-38(44-40(48)23-29-16-18-31-9-3-5-11-33(31)21-29)42(50)46-26-35(25-36(46)27-51-37-13-6-12-34(24-37)41(45)49)43-39(47)22-28-15-17-30-8-2-4-10-32(30)20-28/h2-6,8-13,15-18,20-21,24,35-36,38H,7,14,19,22-23,25-27H2,1H3,(H,43,47)(H,44,48). The lowest BCUT2D eigenvalue weighted by Crippen LogP contribution is -2.52. The number of fused-ring (bicyclic) bond motifs is 5. The number of hydrogen-bond donors (Lipinski definition) is 2. The van der Waals surface area contributed by atoms with E-state index >= 15 is 0 Å². The normalized spacial score (nSPS) is 19.7. The molecule has 1 fully saturated rings. The van der Waals surface area contributed by atoms with Gasteiger partial charge >= 0.3 is 0 Å². The van der Waals surface area contributed by atoms with E-state index in [1.165, 1.54) is 0 Å². The van der Waals surface area contributed by atoms with Crippen LogP contribution in [0.15, 0.2) is 109 Å². The largest absolute Gasteiger partial charge is 0.491 e. The molecule has 3 atom stereocenters. The highest BCUT2D eigenvalue weighted by molar-refractivity contribution is 5.94. The van der Waals surface area contributed by atoms with Gasteiger partial charge in [-0.05, 0) is 70.1 Å². The first-order valence-electron chi connectivity index (χ1n) is 17.6. The molecule has 4 amide bonds. The molecule has 2 aliphatic heterocycles. The third-order valence-corrected chi connectivity index (χ3v) is 9.91. The van der Waals surface area contributed by atoms with Gasteiger partial charge in [0.05, 0.1) is 18.9 Å². The van der Waals surface area contributed by atoms with Crippen LogP contribution in [0.3, 0.4) is 0 Å². The van der Waals surface area contributed by atoms with Gasteiger partial charge < -0.3 is 25.2 Å². The molecule has 9 heteroatoms. The Morgan fingerprint density at radius 2 is 1.37 bits per heavy atom. The molecule has 0 aromatic heterocycles. The van der Waals surface area contributed by atoms with Crippen LogP contribution in [0.2, 0.25) is 0 Å². The van der Waals surface area contributed by atoms with E-state index in [0.717, 1.165) is 32.7 Å². The zero-order valence-corrected chi connectivity index (χ0v) is 28.7. The quantitative estimate of drug-likeness (QED) is 0.253.